The molecule has 0 aromatic heterocycles. The number of nitrogens with zero attached hydrogens (tertiary/aromatic N) is 4. The van der Waals surface area contributed by atoms with Crippen molar-refractivity contribution in [1.29, 1.82) is 0 Å². The molecule has 1 unspecified atom stereocenters. The Morgan fingerprint density at radius 3 is 2.58 bits per heavy atom. The number of aliphatic imine (C=N–C) groups is 1. The molecule has 174 valence electrons. The Hall–Kier alpha value is -1.60. The van der Waals surface area contributed by atoms with Crippen LogP contribution in [0.3, 0.4) is 0 Å². The number of guanidine groups is 1. The molecule has 1 aromatic carbocycles. The van der Waals surface area contributed by atoms with Crippen LogP contribution < -0.4 is 5.32 Å². The molecule has 0 radical (unpaired) electrons. The summed E-state index contributed by atoms with van der Waals surface area (Å²) < 4.78 is 31.9. The Kier molecular flexibility index (Phi) is 8.20. The SMILES string of the molecule is CN(C)S(=O)(=O)c1ccccc1CNC1=NCC2CN(C(=O)OC(C)(C)C)CCN12.I. The summed E-state index contributed by atoms with van der Waals surface area (Å²) in [6.07, 6.45) is -0.300. The Bertz CT molecular complexity index is 930. The molecule has 0 aliphatic carbocycles. The zero-order chi connectivity index (χ0) is 22.1. The van der Waals surface area contributed by atoms with Crippen LogP contribution >= 0.6 is 24.0 Å². The summed E-state index contributed by atoms with van der Waals surface area (Å²) in [6, 6.07) is 7.06. The number of sulfonamides is 1. The van der Waals surface area contributed by atoms with Crippen LogP contribution in [0.15, 0.2) is 34.2 Å². The molecule has 1 amide bonds. The third-order valence-electron chi connectivity index (χ3n) is 5.03. The van der Waals surface area contributed by atoms with E-state index in [4.69, 9.17) is 4.74 Å². The van der Waals surface area contributed by atoms with E-state index in [0.717, 1.165) is 5.96 Å². The van der Waals surface area contributed by atoms with Gasteiger partial charge in [0.2, 0.25) is 10.0 Å². The maximum Gasteiger partial charge on any atom is 0.410 e. The van der Waals surface area contributed by atoms with E-state index in [0.29, 0.717) is 38.3 Å². The molecule has 1 N–H and O–H groups in total. The normalized spacial score (nSPS) is 18.9. The highest BCUT2D eigenvalue weighted by molar-refractivity contribution is 14.0. The predicted octanol–water partition coefficient (Wildman–Crippen LogP) is 1.94. The third kappa shape index (κ3) is 6.01. The van der Waals surface area contributed by atoms with E-state index < -0.39 is 15.6 Å². The molecule has 0 spiro atoms. The maximum absolute atomic E-state index is 12.6. The summed E-state index contributed by atoms with van der Waals surface area (Å²) in [5.41, 5.74) is 0.165. The fourth-order valence-corrected chi connectivity index (χ4v) is 4.61. The first-order valence-corrected chi connectivity index (χ1v) is 11.5. The molecule has 1 aromatic rings. The third-order valence-corrected chi connectivity index (χ3v) is 6.94. The number of piperazine rings is 1. The summed E-state index contributed by atoms with van der Waals surface area (Å²) in [6.45, 7) is 8.25. The standard InChI is InChI=1S/C20H31N5O4S.HI/c1-20(2,3)29-19(26)24-10-11-25-16(14-24)13-22-18(25)21-12-15-8-6-7-9-17(15)30(27,28)23(4)5;/h6-9,16H,10-14H2,1-5H3,(H,21,22);1H. The van der Waals surface area contributed by atoms with Gasteiger partial charge in [0.1, 0.15) is 5.60 Å². The van der Waals surface area contributed by atoms with Crippen molar-refractivity contribution in [3.05, 3.63) is 29.8 Å². The molecular formula is C20H32IN5O4S. The molecule has 1 saturated heterocycles. The van der Waals surface area contributed by atoms with E-state index >= 15 is 0 Å². The van der Waals surface area contributed by atoms with E-state index in [1.807, 2.05) is 26.8 Å². The lowest BCUT2D eigenvalue weighted by Gasteiger charge is -2.39. The monoisotopic (exact) mass is 565 g/mol. The number of amides is 1. The predicted molar refractivity (Wildman–Crippen MR) is 130 cm³/mol. The minimum absolute atomic E-state index is 0. The van der Waals surface area contributed by atoms with Crippen molar-refractivity contribution in [1.82, 2.24) is 19.4 Å². The molecule has 1 atom stereocenters. The van der Waals surface area contributed by atoms with Gasteiger partial charge in [-0.25, -0.2) is 17.5 Å². The Labute approximate surface area is 201 Å². The van der Waals surface area contributed by atoms with Crippen molar-refractivity contribution in [3.63, 3.8) is 0 Å². The fraction of sp³-hybridized carbons (Fsp3) is 0.600. The molecule has 2 heterocycles. The molecule has 2 aliphatic heterocycles. The first-order chi connectivity index (χ1) is 14.0. The van der Waals surface area contributed by atoms with Crippen LogP contribution in [0.5, 0.6) is 0 Å². The number of carbonyl (C=O) groups is 1. The molecule has 9 nitrogen and oxygen atoms in total. The topological polar surface area (TPSA) is 94.6 Å². The van der Waals surface area contributed by atoms with Crippen LogP contribution in [-0.2, 0) is 21.3 Å². The second-order valence-electron chi connectivity index (χ2n) is 8.69. The van der Waals surface area contributed by atoms with Gasteiger partial charge in [-0.2, -0.15) is 0 Å². The van der Waals surface area contributed by atoms with E-state index in [-0.39, 0.29) is 41.0 Å². The van der Waals surface area contributed by atoms with Gasteiger partial charge in [-0.05, 0) is 32.4 Å². The van der Waals surface area contributed by atoms with Crippen molar-refractivity contribution in [2.75, 3.05) is 40.3 Å². The molecular weight excluding hydrogens is 533 g/mol. The van der Waals surface area contributed by atoms with Crippen molar-refractivity contribution < 1.29 is 17.9 Å². The summed E-state index contributed by atoms with van der Waals surface area (Å²) in [5, 5.41) is 3.29. The van der Waals surface area contributed by atoms with Gasteiger partial charge in [-0.3, -0.25) is 4.99 Å². The summed E-state index contributed by atoms with van der Waals surface area (Å²) >= 11 is 0. The summed E-state index contributed by atoms with van der Waals surface area (Å²) in [5.74, 6) is 0.737. The lowest BCUT2D eigenvalue weighted by Crippen LogP contribution is -2.57. The summed E-state index contributed by atoms with van der Waals surface area (Å²) in [4.78, 5) is 21.1. The molecule has 3 rings (SSSR count). The lowest BCUT2D eigenvalue weighted by atomic mass is 10.2. The number of nitrogens with one attached hydrogen (secondary N) is 1. The number of carbonyl (C=O) groups excluding carboxylic acids is 1. The molecule has 0 saturated carbocycles. The van der Waals surface area contributed by atoms with Crippen molar-refractivity contribution >= 4 is 46.1 Å². The molecule has 11 heteroatoms. The van der Waals surface area contributed by atoms with E-state index in [9.17, 15) is 13.2 Å². The van der Waals surface area contributed by atoms with Gasteiger partial charge in [0.25, 0.3) is 0 Å². The lowest BCUT2D eigenvalue weighted by molar-refractivity contribution is 0.0137. The Morgan fingerprint density at radius 2 is 1.94 bits per heavy atom. The van der Waals surface area contributed by atoms with Crippen LogP contribution in [-0.4, -0.2) is 86.5 Å². The van der Waals surface area contributed by atoms with Crippen molar-refractivity contribution in [3.8, 4) is 0 Å². The largest absolute Gasteiger partial charge is 0.444 e. The molecule has 0 bridgehead atoms. The van der Waals surface area contributed by atoms with Crippen LogP contribution in [0.4, 0.5) is 4.79 Å². The van der Waals surface area contributed by atoms with E-state index in [1.54, 1.807) is 23.1 Å². The first-order valence-electron chi connectivity index (χ1n) is 10.0. The van der Waals surface area contributed by atoms with Gasteiger partial charge in [0, 0.05) is 40.3 Å². The number of ether oxygens (including phenoxy) is 1. The average molecular weight is 565 g/mol. The highest BCUT2D eigenvalue weighted by Gasteiger charge is 2.36. The number of benzene rings is 1. The quantitative estimate of drug-likeness (QED) is 0.561. The van der Waals surface area contributed by atoms with Gasteiger partial charge in [-0.15, -0.1) is 24.0 Å². The number of rotatable bonds is 4. The molecule has 31 heavy (non-hydrogen) atoms. The zero-order valence-corrected chi connectivity index (χ0v) is 21.8. The zero-order valence-electron chi connectivity index (χ0n) is 18.7. The number of hydrogen-bond acceptors (Lipinski definition) is 7. The summed E-state index contributed by atoms with van der Waals surface area (Å²) in [7, 11) is -0.480. The van der Waals surface area contributed by atoms with Crippen molar-refractivity contribution in [2.24, 2.45) is 4.99 Å². The second kappa shape index (κ2) is 9.90. The minimum Gasteiger partial charge on any atom is -0.444 e. The fourth-order valence-electron chi connectivity index (χ4n) is 3.50. The highest BCUT2D eigenvalue weighted by Crippen LogP contribution is 2.21. The minimum atomic E-state index is -3.53. The first kappa shape index (κ1) is 25.7. The maximum atomic E-state index is 12.6. The average Bonchev–Trinajstić information content (AvgIpc) is 3.07. The number of hydrogen-bond donors (Lipinski definition) is 1. The highest BCUT2D eigenvalue weighted by atomic mass is 127. The van der Waals surface area contributed by atoms with Crippen LogP contribution in [0, 0.1) is 0 Å². The van der Waals surface area contributed by atoms with E-state index in [2.05, 4.69) is 15.2 Å². The molecule has 1 fully saturated rings. The van der Waals surface area contributed by atoms with Gasteiger partial charge in [0.15, 0.2) is 5.96 Å². The van der Waals surface area contributed by atoms with Gasteiger partial charge >= 0.3 is 6.09 Å². The number of halogens is 1. The number of fused-ring (bicyclic) bond motifs is 1. The van der Waals surface area contributed by atoms with Crippen LogP contribution in [0.1, 0.15) is 26.3 Å². The Morgan fingerprint density at radius 1 is 1.26 bits per heavy atom. The Balaban J connectivity index is 0.00000341. The van der Waals surface area contributed by atoms with Gasteiger partial charge < -0.3 is 19.9 Å². The van der Waals surface area contributed by atoms with Gasteiger partial charge in [-0.1, -0.05) is 18.2 Å². The van der Waals surface area contributed by atoms with Crippen LogP contribution in [0.2, 0.25) is 0 Å². The smallest absolute Gasteiger partial charge is 0.410 e. The van der Waals surface area contributed by atoms with Gasteiger partial charge in [0.05, 0.1) is 17.5 Å². The van der Waals surface area contributed by atoms with Crippen molar-refractivity contribution in [2.45, 2.75) is 43.9 Å². The van der Waals surface area contributed by atoms with Crippen LogP contribution in [0.25, 0.3) is 0 Å². The second-order valence-corrected chi connectivity index (χ2v) is 10.8. The molecule has 2 aliphatic rings. The van der Waals surface area contributed by atoms with E-state index in [1.165, 1.54) is 18.4 Å².